The van der Waals surface area contributed by atoms with Gasteiger partial charge >= 0.3 is 5.97 Å². The summed E-state index contributed by atoms with van der Waals surface area (Å²) in [5.41, 5.74) is -0.0383. The van der Waals surface area contributed by atoms with Crippen molar-refractivity contribution in [3.8, 4) is 0 Å². The Hall–Kier alpha value is -1.50. The SMILES string of the molecule is O=C(O)c1cn(CC2CCN(CCF)C2)nn1. The fourth-order valence-electron chi connectivity index (χ4n) is 2.13. The minimum Gasteiger partial charge on any atom is -0.476 e. The van der Waals surface area contributed by atoms with Gasteiger partial charge in [-0.25, -0.2) is 9.18 Å². The van der Waals surface area contributed by atoms with Crippen LogP contribution in [0.1, 0.15) is 16.9 Å². The number of hydrogen-bond acceptors (Lipinski definition) is 4. The van der Waals surface area contributed by atoms with E-state index in [2.05, 4.69) is 15.2 Å². The molecule has 0 bridgehead atoms. The fraction of sp³-hybridized carbons (Fsp3) is 0.700. The Labute approximate surface area is 98.0 Å². The van der Waals surface area contributed by atoms with E-state index in [0.717, 1.165) is 19.5 Å². The van der Waals surface area contributed by atoms with E-state index in [1.54, 1.807) is 4.68 Å². The lowest BCUT2D eigenvalue weighted by atomic mass is 10.1. The zero-order chi connectivity index (χ0) is 12.3. The van der Waals surface area contributed by atoms with E-state index in [0.29, 0.717) is 19.0 Å². The van der Waals surface area contributed by atoms with Crippen molar-refractivity contribution in [2.45, 2.75) is 13.0 Å². The predicted octanol–water partition coefficient (Wildman–Crippen LogP) is 0.268. The van der Waals surface area contributed by atoms with Crippen molar-refractivity contribution in [2.24, 2.45) is 5.92 Å². The Morgan fingerprint density at radius 1 is 1.65 bits per heavy atom. The molecule has 1 saturated heterocycles. The van der Waals surface area contributed by atoms with Gasteiger partial charge < -0.3 is 10.0 Å². The van der Waals surface area contributed by atoms with Crippen molar-refractivity contribution in [1.29, 1.82) is 0 Å². The maximum atomic E-state index is 12.2. The molecule has 1 N–H and O–H groups in total. The number of alkyl halides is 1. The second-order valence-electron chi connectivity index (χ2n) is 4.28. The van der Waals surface area contributed by atoms with Gasteiger partial charge in [-0.1, -0.05) is 5.21 Å². The number of carboxylic acids is 1. The summed E-state index contributed by atoms with van der Waals surface area (Å²) in [6.07, 6.45) is 2.42. The van der Waals surface area contributed by atoms with Gasteiger partial charge in [0, 0.05) is 19.6 Å². The molecule has 0 radical (unpaired) electrons. The quantitative estimate of drug-likeness (QED) is 0.802. The van der Waals surface area contributed by atoms with E-state index >= 15 is 0 Å². The molecular formula is C10H15FN4O2. The highest BCUT2D eigenvalue weighted by atomic mass is 19.1. The zero-order valence-electron chi connectivity index (χ0n) is 9.42. The van der Waals surface area contributed by atoms with Crippen LogP contribution in [0, 0.1) is 5.92 Å². The van der Waals surface area contributed by atoms with Crippen LogP contribution in [0.2, 0.25) is 0 Å². The Bertz CT molecular complexity index is 395. The number of nitrogens with zero attached hydrogens (tertiary/aromatic N) is 4. The van der Waals surface area contributed by atoms with Crippen LogP contribution in [-0.2, 0) is 6.54 Å². The van der Waals surface area contributed by atoms with E-state index in [-0.39, 0.29) is 12.4 Å². The summed E-state index contributed by atoms with van der Waals surface area (Å²) in [5, 5.41) is 16.0. The third-order valence-electron chi connectivity index (χ3n) is 2.97. The van der Waals surface area contributed by atoms with Crippen LogP contribution in [0.4, 0.5) is 4.39 Å². The van der Waals surface area contributed by atoms with Crippen molar-refractivity contribution in [2.75, 3.05) is 26.3 Å². The summed E-state index contributed by atoms with van der Waals surface area (Å²) in [5.74, 6) is -0.674. The normalized spacial score (nSPS) is 20.9. The van der Waals surface area contributed by atoms with Gasteiger partial charge in [0.25, 0.3) is 0 Å². The summed E-state index contributed by atoms with van der Waals surface area (Å²) in [7, 11) is 0. The lowest BCUT2D eigenvalue weighted by Crippen LogP contribution is -2.24. The molecule has 0 aliphatic carbocycles. The lowest BCUT2D eigenvalue weighted by molar-refractivity contribution is 0.0690. The number of halogens is 1. The summed E-state index contributed by atoms with van der Waals surface area (Å²) < 4.78 is 13.7. The molecule has 17 heavy (non-hydrogen) atoms. The molecule has 1 unspecified atom stereocenters. The third kappa shape index (κ3) is 3.00. The van der Waals surface area contributed by atoms with Crippen LogP contribution in [0.5, 0.6) is 0 Å². The summed E-state index contributed by atoms with van der Waals surface area (Å²) in [6.45, 7) is 2.54. The molecule has 1 aromatic heterocycles. The van der Waals surface area contributed by atoms with Crippen molar-refractivity contribution >= 4 is 5.97 Å². The molecule has 6 nitrogen and oxygen atoms in total. The van der Waals surface area contributed by atoms with Gasteiger partial charge in [-0.15, -0.1) is 5.10 Å². The van der Waals surface area contributed by atoms with Crippen LogP contribution < -0.4 is 0 Å². The highest BCUT2D eigenvalue weighted by Gasteiger charge is 2.23. The molecule has 94 valence electrons. The van der Waals surface area contributed by atoms with Crippen LogP contribution in [0.25, 0.3) is 0 Å². The number of carboxylic acid groups (broad SMARTS) is 1. The van der Waals surface area contributed by atoms with Crippen molar-refractivity contribution in [1.82, 2.24) is 19.9 Å². The Balaban J connectivity index is 1.87. The first kappa shape index (κ1) is 12.0. The predicted molar refractivity (Wildman–Crippen MR) is 57.5 cm³/mol. The molecular weight excluding hydrogens is 227 g/mol. The van der Waals surface area contributed by atoms with Crippen molar-refractivity contribution in [3.05, 3.63) is 11.9 Å². The molecule has 7 heteroatoms. The second-order valence-corrected chi connectivity index (χ2v) is 4.28. The number of aromatic nitrogens is 3. The highest BCUT2D eigenvalue weighted by molar-refractivity contribution is 5.84. The molecule has 2 heterocycles. The molecule has 0 amide bonds. The topological polar surface area (TPSA) is 71.2 Å². The molecule has 1 aromatic rings. The lowest BCUT2D eigenvalue weighted by Gasteiger charge is -2.13. The molecule has 1 aliphatic rings. The van der Waals surface area contributed by atoms with Crippen LogP contribution in [0.3, 0.4) is 0 Å². The van der Waals surface area contributed by atoms with Crippen LogP contribution in [-0.4, -0.2) is 57.3 Å². The standard InChI is InChI=1S/C10H15FN4O2/c11-2-4-14-3-1-8(5-14)6-15-7-9(10(16)17)12-13-15/h7-8H,1-6H2,(H,16,17). The Morgan fingerprint density at radius 2 is 2.47 bits per heavy atom. The monoisotopic (exact) mass is 242 g/mol. The number of likely N-dealkylation sites (tertiary alicyclic amines) is 1. The minimum atomic E-state index is -1.07. The number of aromatic carboxylic acids is 1. The number of hydrogen-bond donors (Lipinski definition) is 1. The van der Waals surface area contributed by atoms with E-state index in [1.165, 1.54) is 6.20 Å². The molecule has 0 saturated carbocycles. The maximum Gasteiger partial charge on any atom is 0.358 e. The van der Waals surface area contributed by atoms with Gasteiger partial charge in [-0.3, -0.25) is 4.68 Å². The maximum absolute atomic E-state index is 12.2. The van der Waals surface area contributed by atoms with Gasteiger partial charge in [0.2, 0.25) is 0 Å². The summed E-state index contributed by atoms with van der Waals surface area (Å²) >= 11 is 0. The highest BCUT2D eigenvalue weighted by Crippen LogP contribution is 2.17. The van der Waals surface area contributed by atoms with Crippen molar-refractivity contribution < 1.29 is 14.3 Å². The summed E-state index contributed by atoms with van der Waals surface area (Å²) in [6, 6.07) is 0. The van der Waals surface area contributed by atoms with Crippen LogP contribution >= 0.6 is 0 Å². The average Bonchev–Trinajstić information content (AvgIpc) is 2.89. The van der Waals surface area contributed by atoms with E-state index in [4.69, 9.17) is 5.11 Å². The summed E-state index contributed by atoms with van der Waals surface area (Å²) in [4.78, 5) is 12.7. The molecule has 1 fully saturated rings. The van der Waals surface area contributed by atoms with Gasteiger partial charge in [0.1, 0.15) is 6.67 Å². The Kier molecular flexibility index (Phi) is 3.68. The first-order chi connectivity index (χ1) is 8.19. The average molecular weight is 242 g/mol. The molecule has 0 spiro atoms. The van der Waals surface area contributed by atoms with E-state index < -0.39 is 5.97 Å². The second kappa shape index (κ2) is 5.22. The smallest absolute Gasteiger partial charge is 0.358 e. The molecule has 1 aliphatic heterocycles. The van der Waals surface area contributed by atoms with Gasteiger partial charge in [0.15, 0.2) is 5.69 Å². The Morgan fingerprint density at radius 3 is 3.12 bits per heavy atom. The van der Waals surface area contributed by atoms with Gasteiger partial charge in [-0.05, 0) is 18.9 Å². The first-order valence-corrected chi connectivity index (χ1v) is 5.61. The zero-order valence-corrected chi connectivity index (χ0v) is 9.42. The third-order valence-corrected chi connectivity index (χ3v) is 2.97. The molecule has 2 rings (SSSR count). The molecule has 1 atom stereocenters. The van der Waals surface area contributed by atoms with E-state index in [9.17, 15) is 9.18 Å². The first-order valence-electron chi connectivity index (χ1n) is 5.61. The van der Waals surface area contributed by atoms with Crippen LogP contribution in [0.15, 0.2) is 6.20 Å². The largest absolute Gasteiger partial charge is 0.476 e. The minimum absolute atomic E-state index is 0.0383. The fourth-order valence-corrected chi connectivity index (χ4v) is 2.13. The van der Waals surface area contributed by atoms with Gasteiger partial charge in [0.05, 0.1) is 6.20 Å². The molecule has 0 aromatic carbocycles. The van der Waals surface area contributed by atoms with E-state index in [1.807, 2.05) is 0 Å². The van der Waals surface area contributed by atoms with Crippen molar-refractivity contribution in [3.63, 3.8) is 0 Å². The number of carbonyl (C=O) groups is 1. The van der Waals surface area contributed by atoms with Gasteiger partial charge in [-0.2, -0.15) is 0 Å². The number of rotatable bonds is 5.